The Balaban J connectivity index is 2.07. The van der Waals surface area contributed by atoms with Crippen molar-refractivity contribution in [3.8, 4) is 5.75 Å². The molecular formula is C16H21ClN2O. The van der Waals surface area contributed by atoms with Crippen LogP contribution < -0.4 is 4.74 Å². The standard InChI is InChI=1S/C16H21ClN2O/c1-11(10-12-6-7-12)19-13-4-3-5-14(20-2)16(13)18-15(19)8-9-17/h3-5,11-12H,6-10H2,1-2H3. The Kier molecular flexibility index (Phi) is 3.88. The molecule has 1 atom stereocenters. The van der Waals surface area contributed by atoms with Crippen molar-refractivity contribution in [3.63, 3.8) is 0 Å². The Hall–Kier alpha value is -1.22. The van der Waals surface area contributed by atoms with E-state index in [0.717, 1.165) is 34.9 Å². The molecule has 0 radical (unpaired) electrons. The van der Waals surface area contributed by atoms with Gasteiger partial charge in [-0.1, -0.05) is 18.9 Å². The normalized spacial score (nSPS) is 16.6. The van der Waals surface area contributed by atoms with Gasteiger partial charge in [0.1, 0.15) is 17.1 Å². The second-order valence-electron chi connectivity index (χ2n) is 5.69. The van der Waals surface area contributed by atoms with Gasteiger partial charge >= 0.3 is 0 Å². The molecule has 2 aromatic rings. The summed E-state index contributed by atoms with van der Waals surface area (Å²) in [4.78, 5) is 4.78. The monoisotopic (exact) mass is 292 g/mol. The molecule has 3 rings (SSSR count). The van der Waals surface area contributed by atoms with Crippen LogP contribution in [0.1, 0.15) is 38.1 Å². The summed E-state index contributed by atoms with van der Waals surface area (Å²) >= 11 is 5.95. The van der Waals surface area contributed by atoms with E-state index in [1.807, 2.05) is 12.1 Å². The van der Waals surface area contributed by atoms with Crippen LogP contribution in [0.15, 0.2) is 18.2 Å². The summed E-state index contributed by atoms with van der Waals surface area (Å²) in [5, 5.41) is 0. The first kappa shape index (κ1) is 13.7. The zero-order valence-corrected chi connectivity index (χ0v) is 12.9. The molecule has 0 saturated heterocycles. The molecule has 1 unspecified atom stereocenters. The molecule has 4 heteroatoms. The van der Waals surface area contributed by atoms with Crippen LogP contribution in [-0.2, 0) is 6.42 Å². The molecule has 1 saturated carbocycles. The Morgan fingerprint density at radius 3 is 2.90 bits per heavy atom. The quantitative estimate of drug-likeness (QED) is 0.747. The molecule has 108 valence electrons. The van der Waals surface area contributed by atoms with E-state index in [1.54, 1.807) is 7.11 Å². The number of benzene rings is 1. The lowest BCUT2D eigenvalue weighted by molar-refractivity contribution is 0.419. The first-order chi connectivity index (χ1) is 9.74. The van der Waals surface area contributed by atoms with Gasteiger partial charge in [0.2, 0.25) is 0 Å². The van der Waals surface area contributed by atoms with Crippen LogP contribution in [0, 0.1) is 5.92 Å². The average Bonchev–Trinajstić information content (AvgIpc) is 3.17. The highest BCUT2D eigenvalue weighted by Crippen LogP contribution is 2.38. The van der Waals surface area contributed by atoms with Gasteiger partial charge < -0.3 is 9.30 Å². The maximum atomic E-state index is 5.95. The van der Waals surface area contributed by atoms with Crippen molar-refractivity contribution < 1.29 is 4.74 Å². The third kappa shape index (κ3) is 2.51. The molecule has 0 spiro atoms. The van der Waals surface area contributed by atoms with Crippen molar-refractivity contribution in [2.24, 2.45) is 5.92 Å². The van der Waals surface area contributed by atoms with Crippen LogP contribution >= 0.6 is 11.6 Å². The van der Waals surface area contributed by atoms with Crippen LogP contribution in [0.4, 0.5) is 0 Å². The third-order valence-electron chi connectivity index (χ3n) is 4.11. The molecule has 1 aromatic carbocycles. The molecule has 0 bridgehead atoms. The fraction of sp³-hybridized carbons (Fsp3) is 0.562. The number of rotatable bonds is 6. The average molecular weight is 293 g/mol. The Bertz CT molecular complexity index is 604. The van der Waals surface area contributed by atoms with Gasteiger partial charge in [0.15, 0.2) is 0 Å². The number of imidazole rings is 1. The second kappa shape index (κ2) is 5.65. The fourth-order valence-corrected chi connectivity index (χ4v) is 3.17. The number of hydrogen-bond acceptors (Lipinski definition) is 2. The van der Waals surface area contributed by atoms with Crippen LogP contribution in [0.25, 0.3) is 11.0 Å². The molecule has 0 N–H and O–H groups in total. The number of halogens is 1. The van der Waals surface area contributed by atoms with Gasteiger partial charge in [-0.05, 0) is 31.4 Å². The van der Waals surface area contributed by atoms with Crippen molar-refractivity contribution in [3.05, 3.63) is 24.0 Å². The number of aromatic nitrogens is 2. The number of alkyl halides is 1. The summed E-state index contributed by atoms with van der Waals surface area (Å²) in [6.07, 6.45) is 4.79. The van der Waals surface area contributed by atoms with E-state index in [2.05, 4.69) is 17.6 Å². The first-order valence-corrected chi connectivity index (χ1v) is 7.87. The minimum absolute atomic E-state index is 0.470. The van der Waals surface area contributed by atoms with Gasteiger partial charge in [-0.2, -0.15) is 0 Å². The minimum atomic E-state index is 0.470. The molecule has 1 aromatic heterocycles. The zero-order chi connectivity index (χ0) is 14.1. The third-order valence-corrected chi connectivity index (χ3v) is 4.30. The number of fused-ring (bicyclic) bond motifs is 1. The lowest BCUT2D eigenvalue weighted by Gasteiger charge is -2.17. The molecule has 1 fully saturated rings. The van der Waals surface area contributed by atoms with E-state index >= 15 is 0 Å². The van der Waals surface area contributed by atoms with Gasteiger partial charge in [-0.3, -0.25) is 0 Å². The topological polar surface area (TPSA) is 27.1 Å². The van der Waals surface area contributed by atoms with Crippen molar-refractivity contribution >= 4 is 22.6 Å². The molecule has 0 amide bonds. The summed E-state index contributed by atoms with van der Waals surface area (Å²) in [6, 6.07) is 6.60. The Morgan fingerprint density at radius 1 is 1.45 bits per heavy atom. The first-order valence-electron chi connectivity index (χ1n) is 7.34. The summed E-state index contributed by atoms with van der Waals surface area (Å²) in [5.41, 5.74) is 2.12. The Labute approximate surface area is 124 Å². The van der Waals surface area contributed by atoms with Gasteiger partial charge in [0, 0.05) is 18.3 Å². The highest BCUT2D eigenvalue weighted by molar-refractivity contribution is 6.17. The van der Waals surface area contributed by atoms with Crippen molar-refractivity contribution in [1.29, 1.82) is 0 Å². The second-order valence-corrected chi connectivity index (χ2v) is 6.07. The lowest BCUT2D eigenvalue weighted by atomic mass is 10.1. The zero-order valence-electron chi connectivity index (χ0n) is 12.1. The molecule has 1 aliphatic carbocycles. The van der Waals surface area contributed by atoms with Crippen LogP contribution in [-0.4, -0.2) is 22.5 Å². The van der Waals surface area contributed by atoms with Crippen molar-refractivity contribution in [2.75, 3.05) is 13.0 Å². The van der Waals surface area contributed by atoms with E-state index in [9.17, 15) is 0 Å². The fourth-order valence-electron chi connectivity index (χ4n) is 3.00. The number of para-hydroxylation sites is 1. The Morgan fingerprint density at radius 2 is 2.25 bits per heavy atom. The molecule has 0 aliphatic heterocycles. The number of ether oxygens (including phenoxy) is 1. The summed E-state index contributed by atoms with van der Waals surface area (Å²) in [7, 11) is 1.70. The number of hydrogen-bond donors (Lipinski definition) is 0. The van der Waals surface area contributed by atoms with Gasteiger partial charge in [-0.15, -0.1) is 11.6 Å². The summed E-state index contributed by atoms with van der Waals surface area (Å²) < 4.78 is 7.80. The van der Waals surface area contributed by atoms with Gasteiger partial charge in [-0.25, -0.2) is 4.98 Å². The predicted octanol–water partition coefficient (Wildman–Crippen LogP) is 4.19. The van der Waals surface area contributed by atoms with Gasteiger partial charge in [0.25, 0.3) is 0 Å². The number of nitrogens with zero attached hydrogens (tertiary/aromatic N) is 2. The van der Waals surface area contributed by atoms with E-state index in [4.69, 9.17) is 21.3 Å². The highest BCUT2D eigenvalue weighted by atomic mass is 35.5. The highest BCUT2D eigenvalue weighted by Gasteiger charge is 2.26. The van der Waals surface area contributed by atoms with Crippen LogP contribution in [0.2, 0.25) is 0 Å². The van der Waals surface area contributed by atoms with E-state index in [1.165, 1.54) is 19.3 Å². The van der Waals surface area contributed by atoms with Gasteiger partial charge in [0.05, 0.1) is 12.6 Å². The van der Waals surface area contributed by atoms with E-state index < -0.39 is 0 Å². The number of methoxy groups -OCH3 is 1. The molecular weight excluding hydrogens is 272 g/mol. The maximum Gasteiger partial charge on any atom is 0.146 e. The molecule has 3 nitrogen and oxygen atoms in total. The van der Waals surface area contributed by atoms with Crippen molar-refractivity contribution in [2.45, 2.75) is 38.6 Å². The molecule has 1 heterocycles. The molecule has 1 aliphatic rings. The summed E-state index contributed by atoms with van der Waals surface area (Å²) in [5.74, 6) is 3.42. The lowest BCUT2D eigenvalue weighted by Crippen LogP contribution is -2.10. The minimum Gasteiger partial charge on any atom is -0.494 e. The van der Waals surface area contributed by atoms with Crippen LogP contribution in [0.5, 0.6) is 5.75 Å². The van der Waals surface area contributed by atoms with Crippen LogP contribution in [0.3, 0.4) is 0 Å². The van der Waals surface area contributed by atoms with E-state index in [0.29, 0.717) is 11.9 Å². The van der Waals surface area contributed by atoms with Crippen molar-refractivity contribution in [1.82, 2.24) is 9.55 Å². The maximum absolute atomic E-state index is 5.95. The number of aryl methyl sites for hydroxylation is 1. The molecule has 20 heavy (non-hydrogen) atoms. The van der Waals surface area contributed by atoms with E-state index in [-0.39, 0.29) is 0 Å². The predicted molar refractivity (Wildman–Crippen MR) is 82.8 cm³/mol. The SMILES string of the molecule is COc1cccc2c1nc(CCCl)n2C(C)CC1CC1. The largest absolute Gasteiger partial charge is 0.494 e. The summed E-state index contributed by atoms with van der Waals surface area (Å²) in [6.45, 7) is 2.29. The smallest absolute Gasteiger partial charge is 0.146 e.